The zero-order valence-electron chi connectivity index (χ0n) is 10.7. The summed E-state index contributed by atoms with van der Waals surface area (Å²) in [6.45, 7) is 4.14. The minimum atomic E-state index is -0.0551. The number of carbonyl (C=O) groups is 1. The number of rotatable bonds is 1. The smallest absolute Gasteiger partial charge is 0.149 e. The second kappa shape index (κ2) is 4.09. The highest BCUT2D eigenvalue weighted by Gasteiger charge is 2.31. The maximum absolute atomic E-state index is 12.3. The van der Waals surface area contributed by atoms with Crippen LogP contribution in [0.25, 0.3) is 0 Å². The van der Waals surface area contributed by atoms with Crippen molar-refractivity contribution in [1.29, 1.82) is 0 Å². The van der Waals surface area contributed by atoms with Crippen molar-refractivity contribution in [3.63, 3.8) is 0 Å². The van der Waals surface area contributed by atoms with Gasteiger partial charge in [0.05, 0.1) is 5.92 Å². The van der Waals surface area contributed by atoms with Crippen molar-refractivity contribution in [2.24, 2.45) is 0 Å². The molecule has 0 fully saturated rings. The number of Topliss-reactive ketones (excluding diaryl/α,β-unsaturated/α-hetero) is 1. The average molecular weight is 236 g/mol. The first kappa shape index (κ1) is 11.2. The summed E-state index contributed by atoms with van der Waals surface area (Å²) >= 11 is 0. The van der Waals surface area contributed by atoms with Gasteiger partial charge in [-0.15, -0.1) is 0 Å². The van der Waals surface area contributed by atoms with Crippen LogP contribution in [-0.4, -0.2) is 5.78 Å². The van der Waals surface area contributed by atoms with E-state index >= 15 is 0 Å². The molecule has 0 radical (unpaired) electrons. The highest BCUT2D eigenvalue weighted by molar-refractivity contribution is 5.95. The van der Waals surface area contributed by atoms with E-state index in [1.54, 1.807) is 0 Å². The second-order valence-electron chi connectivity index (χ2n) is 5.19. The highest BCUT2D eigenvalue weighted by atomic mass is 16.1. The third-order valence-corrected chi connectivity index (χ3v) is 3.67. The molecule has 1 unspecified atom stereocenters. The van der Waals surface area contributed by atoms with E-state index in [0.29, 0.717) is 12.2 Å². The average Bonchev–Trinajstić information content (AvgIpc) is 2.64. The summed E-state index contributed by atoms with van der Waals surface area (Å²) in [5, 5.41) is 0. The molecule has 0 aliphatic heterocycles. The maximum Gasteiger partial charge on any atom is 0.149 e. The van der Waals surface area contributed by atoms with Crippen LogP contribution in [-0.2, 0) is 11.2 Å². The Labute approximate surface area is 107 Å². The van der Waals surface area contributed by atoms with Crippen LogP contribution in [0.5, 0.6) is 0 Å². The van der Waals surface area contributed by atoms with Crippen LogP contribution in [0, 0.1) is 13.8 Å². The fourth-order valence-corrected chi connectivity index (χ4v) is 2.85. The number of aryl methyl sites for hydroxylation is 2. The molecule has 1 aliphatic carbocycles. The molecule has 18 heavy (non-hydrogen) atoms. The predicted octanol–water partition coefficient (Wildman–Crippen LogP) is 3.56. The fraction of sp³-hybridized carbons (Fsp3) is 0.235. The molecule has 0 saturated carbocycles. The van der Waals surface area contributed by atoms with E-state index in [0.717, 1.165) is 5.56 Å². The van der Waals surface area contributed by atoms with Crippen molar-refractivity contribution < 1.29 is 4.79 Å². The molecule has 0 saturated heterocycles. The topological polar surface area (TPSA) is 17.1 Å². The number of ketones is 1. The van der Waals surface area contributed by atoms with Gasteiger partial charge in [-0.3, -0.25) is 4.79 Å². The molecule has 0 spiro atoms. The zero-order valence-corrected chi connectivity index (χ0v) is 10.7. The summed E-state index contributed by atoms with van der Waals surface area (Å²) in [4.78, 5) is 12.3. The summed E-state index contributed by atoms with van der Waals surface area (Å²) in [6.07, 6.45) is 0.579. The third-order valence-electron chi connectivity index (χ3n) is 3.67. The van der Waals surface area contributed by atoms with E-state index in [1.807, 2.05) is 6.07 Å². The van der Waals surface area contributed by atoms with Crippen LogP contribution in [0.1, 0.15) is 33.7 Å². The van der Waals surface area contributed by atoms with Gasteiger partial charge in [0.15, 0.2) is 0 Å². The van der Waals surface area contributed by atoms with Crippen molar-refractivity contribution in [2.75, 3.05) is 0 Å². The first-order valence-electron chi connectivity index (χ1n) is 6.34. The fourth-order valence-electron chi connectivity index (χ4n) is 2.85. The van der Waals surface area contributed by atoms with Gasteiger partial charge in [0.2, 0.25) is 0 Å². The first-order chi connectivity index (χ1) is 8.65. The SMILES string of the molecule is Cc1cccc(C2C(=O)Cc3cc(C)ccc32)c1. The molecule has 1 atom stereocenters. The maximum atomic E-state index is 12.3. The quantitative estimate of drug-likeness (QED) is 0.740. The molecule has 1 aliphatic rings. The van der Waals surface area contributed by atoms with Crippen molar-refractivity contribution in [3.8, 4) is 0 Å². The van der Waals surface area contributed by atoms with E-state index < -0.39 is 0 Å². The molecule has 2 aromatic carbocycles. The van der Waals surface area contributed by atoms with Gasteiger partial charge in [0, 0.05) is 6.42 Å². The molecule has 0 amide bonds. The molecular weight excluding hydrogens is 220 g/mol. The molecule has 0 bridgehead atoms. The van der Waals surface area contributed by atoms with Crippen LogP contribution in [0.4, 0.5) is 0 Å². The number of benzene rings is 2. The lowest BCUT2D eigenvalue weighted by atomic mass is 9.91. The summed E-state index contributed by atoms with van der Waals surface area (Å²) in [7, 11) is 0. The Bertz CT molecular complexity index is 625. The molecular formula is C17H16O. The normalized spacial score (nSPS) is 17.9. The third kappa shape index (κ3) is 1.76. The van der Waals surface area contributed by atoms with Gasteiger partial charge in [-0.05, 0) is 30.5 Å². The van der Waals surface area contributed by atoms with Gasteiger partial charge in [0.25, 0.3) is 0 Å². The summed E-state index contributed by atoms with van der Waals surface area (Å²) < 4.78 is 0. The Morgan fingerprint density at radius 3 is 2.56 bits per heavy atom. The Balaban J connectivity index is 2.12. The zero-order chi connectivity index (χ0) is 12.7. The van der Waals surface area contributed by atoms with Crippen molar-refractivity contribution in [1.82, 2.24) is 0 Å². The largest absolute Gasteiger partial charge is 0.298 e. The monoisotopic (exact) mass is 236 g/mol. The van der Waals surface area contributed by atoms with E-state index in [1.165, 1.54) is 22.3 Å². The van der Waals surface area contributed by atoms with Crippen molar-refractivity contribution >= 4 is 5.78 Å². The van der Waals surface area contributed by atoms with Gasteiger partial charge >= 0.3 is 0 Å². The Kier molecular flexibility index (Phi) is 2.55. The highest BCUT2D eigenvalue weighted by Crippen LogP contribution is 2.36. The molecule has 3 rings (SSSR count). The molecule has 1 heteroatoms. The molecule has 0 heterocycles. The number of fused-ring (bicyclic) bond motifs is 1. The standard InChI is InChI=1S/C17H16O/c1-11-4-3-5-13(8-11)17-15-7-6-12(2)9-14(15)10-16(17)18/h3-9,17H,10H2,1-2H3. The van der Waals surface area contributed by atoms with E-state index in [2.05, 4.69) is 50.2 Å². The van der Waals surface area contributed by atoms with E-state index in [9.17, 15) is 4.79 Å². The Morgan fingerprint density at radius 1 is 1.00 bits per heavy atom. The lowest BCUT2D eigenvalue weighted by Gasteiger charge is -2.11. The predicted molar refractivity (Wildman–Crippen MR) is 72.9 cm³/mol. The molecule has 2 aromatic rings. The van der Waals surface area contributed by atoms with Crippen molar-refractivity contribution in [2.45, 2.75) is 26.2 Å². The van der Waals surface area contributed by atoms with Gasteiger partial charge in [0.1, 0.15) is 5.78 Å². The van der Waals surface area contributed by atoms with E-state index in [4.69, 9.17) is 0 Å². The van der Waals surface area contributed by atoms with Gasteiger partial charge in [-0.1, -0.05) is 53.6 Å². The molecule has 0 aromatic heterocycles. The van der Waals surface area contributed by atoms with Crippen LogP contribution in [0.15, 0.2) is 42.5 Å². The van der Waals surface area contributed by atoms with Crippen molar-refractivity contribution in [3.05, 3.63) is 70.3 Å². The summed E-state index contributed by atoms with van der Waals surface area (Å²) in [5.41, 5.74) is 5.96. The van der Waals surface area contributed by atoms with E-state index in [-0.39, 0.29) is 5.92 Å². The van der Waals surface area contributed by atoms with Crippen LogP contribution in [0.3, 0.4) is 0 Å². The minimum Gasteiger partial charge on any atom is -0.298 e. The Hall–Kier alpha value is -1.89. The lowest BCUT2D eigenvalue weighted by Crippen LogP contribution is -2.07. The summed E-state index contributed by atoms with van der Waals surface area (Å²) in [6, 6.07) is 14.6. The van der Waals surface area contributed by atoms with Crippen LogP contribution >= 0.6 is 0 Å². The van der Waals surface area contributed by atoms with Crippen LogP contribution in [0.2, 0.25) is 0 Å². The van der Waals surface area contributed by atoms with Gasteiger partial charge in [-0.25, -0.2) is 0 Å². The van der Waals surface area contributed by atoms with Crippen LogP contribution < -0.4 is 0 Å². The Morgan fingerprint density at radius 2 is 1.78 bits per heavy atom. The molecule has 0 N–H and O–H groups in total. The molecule has 90 valence electrons. The lowest BCUT2D eigenvalue weighted by molar-refractivity contribution is -0.118. The number of hydrogen-bond acceptors (Lipinski definition) is 1. The number of carbonyl (C=O) groups excluding carboxylic acids is 1. The van der Waals surface area contributed by atoms with Gasteiger partial charge < -0.3 is 0 Å². The number of hydrogen-bond donors (Lipinski definition) is 0. The first-order valence-corrected chi connectivity index (χ1v) is 6.34. The second-order valence-corrected chi connectivity index (χ2v) is 5.19. The van der Waals surface area contributed by atoms with Gasteiger partial charge in [-0.2, -0.15) is 0 Å². The molecule has 1 nitrogen and oxygen atoms in total. The summed E-state index contributed by atoms with van der Waals surface area (Å²) in [5.74, 6) is 0.265. The minimum absolute atomic E-state index is 0.0551.